The Morgan fingerprint density at radius 3 is 2.68 bits per heavy atom. The van der Waals surface area contributed by atoms with Crippen molar-refractivity contribution in [3.63, 3.8) is 0 Å². The number of ether oxygens (including phenoxy) is 1. The Bertz CT molecular complexity index is 436. The zero-order chi connectivity index (χ0) is 16.5. The topological polar surface area (TPSA) is 122 Å². The molecule has 0 aromatic heterocycles. The van der Waals surface area contributed by atoms with Crippen LogP contribution in [0.4, 0.5) is 0 Å². The maximum atomic E-state index is 12.0. The van der Waals surface area contributed by atoms with Gasteiger partial charge in [0, 0.05) is 5.75 Å². The molecule has 1 amide bonds. The lowest BCUT2D eigenvalue weighted by molar-refractivity contribution is -0.140. The zero-order valence-electron chi connectivity index (χ0n) is 12.3. The minimum Gasteiger partial charge on any atom is -0.481 e. The van der Waals surface area contributed by atoms with Crippen LogP contribution in [0.25, 0.3) is 0 Å². The number of carbonyl (C=O) groups excluding carboxylic acids is 3. The van der Waals surface area contributed by atoms with E-state index in [2.05, 4.69) is 15.4 Å². The van der Waals surface area contributed by atoms with Crippen molar-refractivity contribution < 1.29 is 29.0 Å². The van der Waals surface area contributed by atoms with E-state index in [9.17, 15) is 19.2 Å². The van der Waals surface area contributed by atoms with Crippen molar-refractivity contribution in [3.8, 4) is 0 Å². The van der Waals surface area contributed by atoms with Crippen LogP contribution in [0.1, 0.15) is 25.7 Å². The van der Waals surface area contributed by atoms with Gasteiger partial charge in [0.25, 0.3) is 0 Å². The quantitative estimate of drug-likeness (QED) is 0.510. The lowest BCUT2D eigenvalue weighted by Gasteiger charge is -2.18. The molecule has 0 saturated carbocycles. The molecule has 8 nitrogen and oxygen atoms in total. The van der Waals surface area contributed by atoms with Crippen LogP contribution < -0.4 is 10.6 Å². The molecule has 0 unspecified atom stereocenters. The van der Waals surface area contributed by atoms with E-state index in [0.29, 0.717) is 6.42 Å². The number of aliphatic carboxylic acids is 1. The molecule has 9 heteroatoms. The monoisotopic (exact) mass is 332 g/mol. The summed E-state index contributed by atoms with van der Waals surface area (Å²) in [5.74, 6) is -1.81. The summed E-state index contributed by atoms with van der Waals surface area (Å²) >= 11 is 0.817. The highest BCUT2D eigenvalue weighted by Gasteiger charge is 2.28. The summed E-state index contributed by atoms with van der Waals surface area (Å²) in [6.45, 7) is 0.726. The second-order valence-electron chi connectivity index (χ2n) is 4.80. The number of carboxylic acids is 1. The predicted octanol–water partition coefficient (Wildman–Crippen LogP) is -0.479. The maximum absolute atomic E-state index is 12.0. The van der Waals surface area contributed by atoms with E-state index in [0.717, 1.165) is 24.7 Å². The number of carboxylic acid groups (broad SMARTS) is 1. The third kappa shape index (κ3) is 6.44. The van der Waals surface area contributed by atoms with Crippen molar-refractivity contribution in [1.29, 1.82) is 0 Å². The van der Waals surface area contributed by atoms with Gasteiger partial charge in [-0.05, 0) is 19.4 Å². The number of amides is 1. The first-order valence-corrected chi connectivity index (χ1v) is 7.91. The Hall–Kier alpha value is -1.61. The lowest BCUT2D eigenvalue weighted by atomic mass is 10.1. The van der Waals surface area contributed by atoms with Gasteiger partial charge in [-0.15, -0.1) is 0 Å². The molecule has 0 aromatic rings. The van der Waals surface area contributed by atoms with Crippen molar-refractivity contribution >= 4 is 34.7 Å². The van der Waals surface area contributed by atoms with Gasteiger partial charge in [-0.3, -0.25) is 19.2 Å². The van der Waals surface area contributed by atoms with Crippen LogP contribution in [0.15, 0.2) is 0 Å². The van der Waals surface area contributed by atoms with Crippen LogP contribution in [0.3, 0.4) is 0 Å². The molecule has 3 N–H and O–H groups in total. The van der Waals surface area contributed by atoms with Crippen LogP contribution in [0.2, 0.25) is 0 Å². The van der Waals surface area contributed by atoms with Crippen LogP contribution in [-0.4, -0.2) is 59.6 Å². The normalized spacial score (nSPS) is 18.5. The molecule has 2 atom stereocenters. The highest BCUT2D eigenvalue weighted by molar-refractivity contribution is 8.13. The van der Waals surface area contributed by atoms with Gasteiger partial charge in [-0.2, -0.15) is 0 Å². The van der Waals surface area contributed by atoms with Crippen molar-refractivity contribution in [2.75, 3.05) is 19.4 Å². The Morgan fingerprint density at radius 1 is 1.41 bits per heavy atom. The van der Waals surface area contributed by atoms with Gasteiger partial charge >= 0.3 is 11.9 Å². The molecule has 1 aliphatic rings. The minimum absolute atomic E-state index is 0.0465. The molecule has 1 rings (SSSR count). The van der Waals surface area contributed by atoms with Crippen LogP contribution in [-0.2, 0) is 23.9 Å². The molecule has 1 saturated heterocycles. The summed E-state index contributed by atoms with van der Waals surface area (Å²) in [6.07, 6.45) is 1.09. The number of thioether (sulfide) groups is 1. The lowest BCUT2D eigenvalue weighted by Crippen LogP contribution is -2.48. The van der Waals surface area contributed by atoms with Gasteiger partial charge < -0.3 is 20.5 Å². The van der Waals surface area contributed by atoms with Gasteiger partial charge in [0.1, 0.15) is 6.04 Å². The fourth-order valence-corrected chi connectivity index (χ4v) is 2.80. The minimum atomic E-state index is -1.17. The largest absolute Gasteiger partial charge is 0.481 e. The van der Waals surface area contributed by atoms with E-state index in [1.165, 1.54) is 7.11 Å². The van der Waals surface area contributed by atoms with Crippen molar-refractivity contribution in [2.45, 2.75) is 37.8 Å². The Balaban J connectivity index is 2.50. The number of esters is 1. The molecule has 0 spiro atoms. The second-order valence-corrected chi connectivity index (χ2v) is 5.90. The van der Waals surface area contributed by atoms with E-state index in [4.69, 9.17) is 5.11 Å². The molecule has 0 aliphatic carbocycles. The van der Waals surface area contributed by atoms with Gasteiger partial charge in [0.15, 0.2) is 0 Å². The highest BCUT2D eigenvalue weighted by Crippen LogP contribution is 2.12. The van der Waals surface area contributed by atoms with E-state index in [1.807, 2.05) is 0 Å². The molecule has 1 heterocycles. The Labute approximate surface area is 132 Å². The highest BCUT2D eigenvalue weighted by atomic mass is 32.2. The summed E-state index contributed by atoms with van der Waals surface area (Å²) in [7, 11) is 1.25. The zero-order valence-corrected chi connectivity index (χ0v) is 13.1. The summed E-state index contributed by atoms with van der Waals surface area (Å²) < 4.78 is 4.45. The molecule has 0 radical (unpaired) electrons. The summed E-state index contributed by atoms with van der Waals surface area (Å²) in [4.78, 5) is 45.8. The average Bonchev–Trinajstić information content (AvgIpc) is 2.99. The molecule has 124 valence electrons. The fourth-order valence-electron chi connectivity index (χ4n) is 1.99. The van der Waals surface area contributed by atoms with E-state index < -0.39 is 29.5 Å². The van der Waals surface area contributed by atoms with Crippen LogP contribution >= 0.6 is 11.8 Å². The van der Waals surface area contributed by atoms with Crippen molar-refractivity contribution in [1.82, 2.24) is 10.6 Å². The van der Waals surface area contributed by atoms with Gasteiger partial charge in [0.05, 0.1) is 26.0 Å². The summed E-state index contributed by atoms with van der Waals surface area (Å²) in [6, 6.07) is -1.49. The molecule has 0 aromatic carbocycles. The van der Waals surface area contributed by atoms with Crippen LogP contribution in [0.5, 0.6) is 0 Å². The molecule has 1 aliphatic heterocycles. The second kappa shape index (κ2) is 9.42. The van der Waals surface area contributed by atoms with Gasteiger partial charge in [-0.25, -0.2) is 0 Å². The third-order valence-corrected chi connectivity index (χ3v) is 4.11. The fraction of sp³-hybridized carbons (Fsp3) is 0.692. The number of rotatable bonds is 8. The molecule has 0 bridgehead atoms. The maximum Gasteiger partial charge on any atom is 0.306 e. The molecule has 22 heavy (non-hydrogen) atoms. The average molecular weight is 332 g/mol. The smallest absolute Gasteiger partial charge is 0.306 e. The first-order chi connectivity index (χ1) is 10.4. The number of methoxy groups -OCH3 is 1. The Morgan fingerprint density at radius 2 is 2.14 bits per heavy atom. The number of hydrogen-bond donors (Lipinski definition) is 3. The predicted molar refractivity (Wildman–Crippen MR) is 79.3 cm³/mol. The number of carbonyl (C=O) groups is 4. The summed E-state index contributed by atoms with van der Waals surface area (Å²) in [5.41, 5.74) is 0. The Kier molecular flexibility index (Phi) is 7.89. The van der Waals surface area contributed by atoms with Crippen molar-refractivity contribution in [2.24, 2.45) is 0 Å². The molecular weight excluding hydrogens is 312 g/mol. The van der Waals surface area contributed by atoms with Gasteiger partial charge in [0.2, 0.25) is 11.0 Å². The van der Waals surface area contributed by atoms with E-state index in [1.54, 1.807) is 0 Å². The summed E-state index contributed by atoms with van der Waals surface area (Å²) in [5, 5.41) is 13.8. The third-order valence-electron chi connectivity index (χ3n) is 3.13. The molecule has 1 fully saturated rings. The van der Waals surface area contributed by atoms with Crippen molar-refractivity contribution in [3.05, 3.63) is 0 Å². The number of nitrogens with one attached hydrogen (secondary N) is 2. The first-order valence-electron chi connectivity index (χ1n) is 6.93. The SMILES string of the molecule is COC(=O)CCSC(=O)[C@H](CC(=O)O)NC(=O)[C@@H]1CCCN1. The number of hydrogen-bond acceptors (Lipinski definition) is 7. The van der Waals surface area contributed by atoms with Gasteiger partial charge in [-0.1, -0.05) is 11.8 Å². The van der Waals surface area contributed by atoms with E-state index >= 15 is 0 Å². The van der Waals surface area contributed by atoms with Crippen LogP contribution in [0, 0.1) is 0 Å². The molecular formula is C13H20N2O6S. The first kappa shape index (κ1) is 18.4. The standard InChI is InChI=1S/C13H20N2O6S/c1-21-11(18)4-6-22-13(20)9(7-10(16)17)15-12(19)8-3-2-5-14-8/h8-9,14H,2-7H2,1H3,(H,15,19)(H,16,17)/t8-,9-/m0/s1. The van der Waals surface area contributed by atoms with E-state index in [-0.39, 0.29) is 24.1 Å².